The smallest absolute Gasteiger partial charge is 0.260 e. The van der Waals surface area contributed by atoms with E-state index in [1.165, 1.54) is 35.4 Å². The van der Waals surface area contributed by atoms with E-state index in [0.717, 1.165) is 18.2 Å². The lowest BCUT2D eigenvalue weighted by Crippen LogP contribution is -2.33. The third-order valence-electron chi connectivity index (χ3n) is 4.88. The van der Waals surface area contributed by atoms with E-state index < -0.39 is 29.4 Å². The van der Waals surface area contributed by atoms with Crippen molar-refractivity contribution in [3.05, 3.63) is 95.1 Å². The van der Waals surface area contributed by atoms with Crippen molar-refractivity contribution in [2.75, 3.05) is 4.90 Å². The first-order valence-corrected chi connectivity index (χ1v) is 9.18. The van der Waals surface area contributed by atoms with Crippen LogP contribution >= 0.6 is 0 Å². The summed E-state index contributed by atoms with van der Waals surface area (Å²) in [6.45, 7) is -0.200. The Morgan fingerprint density at radius 2 is 1.77 bits per heavy atom. The van der Waals surface area contributed by atoms with Crippen LogP contribution < -0.4 is 10.2 Å². The third kappa shape index (κ3) is 3.76. The molecule has 8 heteroatoms. The van der Waals surface area contributed by atoms with Gasteiger partial charge < -0.3 is 5.32 Å². The number of rotatable bonds is 5. The van der Waals surface area contributed by atoms with Crippen LogP contribution in [-0.2, 0) is 11.3 Å². The standard InChI is InChI=1S/C22H16F3N3O2/c23-14-3-6-16(7-4-14)28-19(21-17(22(28)30)2-1-9-26-21)11-20(29)27-12-13-10-15(24)5-8-18(13)25/h1-10,19H,11-12H2,(H,27,29)/t19-/m0/s1. The summed E-state index contributed by atoms with van der Waals surface area (Å²) in [4.78, 5) is 31.1. The van der Waals surface area contributed by atoms with E-state index in [1.54, 1.807) is 12.1 Å². The van der Waals surface area contributed by atoms with E-state index >= 15 is 0 Å². The summed E-state index contributed by atoms with van der Waals surface area (Å²) in [5.41, 5.74) is 1.22. The highest BCUT2D eigenvalue weighted by Crippen LogP contribution is 2.38. The second-order valence-corrected chi connectivity index (χ2v) is 6.82. The fourth-order valence-corrected chi connectivity index (χ4v) is 3.46. The zero-order valence-corrected chi connectivity index (χ0v) is 15.6. The van der Waals surface area contributed by atoms with Crippen molar-refractivity contribution < 1.29 is 22.8 Å². The van der Waals surface area contributed by atoms with Gasteiger partial charge in [-0.2, -0.15) is 0 Å². The zero-order valence-electron chi connectivity index (χ0n) is 15.6. The molecule has 5 nitrogen and oxygen atoms in total. The molecular formula is C22H16F3N3O2. The highest BCUT2D eigenvalue weighted by atomic mass is 19.1. The topological polar surface area (TPSA) is 62.3 Å². The predicted molar refractivity (Wildman–Crippen MR) is 103 cm³/mol. The number of hydrogen-bond acceptors (Lipinski definition) is 3. The number of hydrogen-bond donors (Lipinski definition) is 1. The van der Waals surface area contributed by atoms with Crippen LogP contribution in [0.5, 0.6) is 0 Å². The number of nitrogens with one attached hydrogen (secondary N) is 1. The van der Waals surface area contributed by atoms with Crippen LogP contribution in [0.25, 0.3) is 0 Å². The molecule has 1 aliphatic heterocycles. The van der Waals surface area contributed by atoms with Gasteiger partial charge in [0, 0.05) is 24.0 Å². The molecule has 0 unspecified atom stereocenters. The minimum absolute atomic E-state index is 0.0137. The molecule has 1 aromatic heterocycles. The summed E-state index contributed by atoms with van der Waals surface area (Å²) in [5.74, 6) is -2.51. The number of pyridine rings is 1. The molecular weight excluding hydrogens is 395 g/mol. The number of carbonyl (C=O) groups excluding carboxylic acids is 2. The first-order chi connectivity index (χ1) is 14.4. The van der Waals surface area contributed by atoms with Crippen LogP contribution in [0.4, 0.5) is 18.9 Å². The zero-order chi connectivity index (χ0) is 21.3. The Kier molecular flexibility index (Phi) is 5.22. The number of benzene rings is 2. The van der Waals surface area contributed by atoms with Crippen molar-refractivity contribution in [2.45, 2.75) is 19.0 Å². The molecule has 0 saturated heterocycles. The van der Waals surface area contributed by atoms with Gasteiger partial charge in [-0.1, -0.05) is 0 Å². The number of halogens is 3. The fraction of sp³-hybridized carbons (Fsp3) is 0.136. The Morgan fingerprint density at radius 1 is 1.03 bits per heavy atom. The summed E-state index contributed by atoms with van der Waals surface area (Å²) < 4.78 is 40.4. The van der Waals surface area contributed by atoms with Gasteiger partial charge in [0.2, 0.25) is 5.91 Å². The van der Waals surface area contributed by atoms with Crippen molar-refractivity contribution in [1.29, 1.82) is 0 Å². The van der Waals surface area contributed by atoms with Gasteiger partial charge in [0.15, 0.2) is 0 Å². The maximum absolute atomic E-state index is 13.8. The molecule has 0 bridgehead atoms. The van der Waals surface area contributed by atoms with Gasteiger partial charge in [0.1, 0.15) is 17.5 Å². The molecule has 152 valence electrons. The van der Waals surface area contributed by atoms with Crippen molar-refractivity contribution >= 4 is 17.5 Å². The van der Waals surface area contributed by atoms with Crippen molar-refractivity contribution in [3.63, 3.8) is 0 Å². The summed E-state index contributed by atoms with van der Waals surface area (Å²) in [6, 6.07) is 10.9. The molecule has 4 rings (SSSR count). The Bertz CT molecular complexity index is 1120. The second-order valence-electron chi connectivity index (χ2n) is 6.82. The Labute approximate surface area is 170 Å². The van der Waals surface area contributed by atoms with Crippen molar-refractivity contribution in [1.82, 2.24) is 10.3 Å². The third-order valence-corrected chi connectivity index (χ3v) is 4.88. The average Bonchev–Trinajstić information content (AvgIpc) is 3.01. The van der Waals surface area contributed by atoms with E-state index in [4.69, 9.17) is 0 Å². The summed E-state index contributed by atoms with van der Waals surface area (Å²) >= 11 is 0. The van der Waals surface area contributed by atoms with Gasteiger partial charge >= 0.3 is 0 Å². The van der Waals surface area contributed by atoms with E-state index in [1.807, 2.05) is 0 Å². The quantitative estimate of drug-likeness (QED) is 0.693. The molecule has 2 amide bonds. The number of nitrogens with zero attached hydrogens (tertiary/aromatic N) is 2. The molecule has 0 fully saturated rings. The maximum atomic E-state index is 13.8. The van der Waals surface area contributed by atoms with Crippen LogP contribution in [-0.4, -0.2) is 16.8 Å². The lowest BCUT2D eigenvalue weighted by Gasteiger charge is -2.24. The fourth-order valence-electron chi connectivity index (χ4n) is 3.46. The molecule has 3 aromatic rings. The Morgan fingerprint density at radius 3 is 2.53 bits per heavy atom. The number of anilines is 1. The molecule has 1 atom stereocenters. The summed E-state index contributed by atoms with van der Waals surface area (Å²) in [6.07, 6.45) is 1.37. The van der Waals surface area contributed by atoms with Gasteiger partial charge in [-0.05, 0) is 54.6 Å². The van der Waals surface area contributed by atoms with Crippen molar-refractivity contribution in [2.24, 2.45) is 0 Å². The van der Waals surface area contributed by atoms with Gasteiger partial charge in [0.25, 0.3) is 5.91 Å². The van der Waals surface area contributed by atoms with Crippen LogP contribution in [0.3, 0.4) is 0 Å². The van der Waals surface area contributed by atoms with Crippen molar-refractivity contribution in [3.8, 4) is 0 Å². The molecule has 2 aromatic carbocycles. The van der Waals surface area contributed by atoms with Gasteiger partial charge in [-0.3, -0.25) is 19.5 Å². The molecule has 1 aliphatic rings. The van der Waals surface area contributed by atoms with E-state index in [2.05, 4.69) is 10.3 Å². The Balaban J connectivity index is 1.56. The maximum Gasteiger partial charge on any atom is 0.260 e. The number of aromatic nitrogens is 1. The van der Waals surface area contributed by atoms with Gasteiger partial charge in [0.05, 0.1) is 23.7 Å². The summed E-state index contributed by atoms with van der Waals surface area (Å²) in [5, 5.41) is 2.55. The van der Waals surface area contributed by atoms with Crippen LogP contribution in [0, 0.1) is 17.5 Å². The number of carbonyl (C=O) groups is 2. The minimum atomic E-state index is -0.712. The minimum Gasteiger partial charge on any atom is -0.352 e. The SMILES string of the molecule is O=C(C[C@H]1c2ncccc2C(=O)N1c1ccc(F)cc1)NCc1cc(F)ccc1F. The van der Waals surface area contributed by atoms with Crippen LogP contribution in [0.2, 0.25) is 0 Å². The molecule has 0 radical (unpaired) electrons. The number of amides is 2. The highest BCUT2D eigenvalue weighted by Gasteiger charge is 2.39. The largest absolute Gasteiger partial charge is 0.352 e. The van der Waals surface area contributed by atoms with E-state index in [0.29, 0.717) is 16.9 Å². The first kappa shape index (κ1) is 19.6. The molecule has 1 N–H and O–H groups in total. The average molecular weight is 411 g/mol. The lowest BCUT2D eigenvalue weighted by atomic mass is 10.1. The van der Waals surface area contributed by atoms with Crippen LogP contribution in [0.1, 0.15) is 34.1 Å². The molecule has 0 aliphatic carbocycles. The lowest BCUT2D eigenvalue weighted by molar-refractivity contribution is -0.121. The highest BCUT2D eigenvalue weighted by molar-refractivity contribution is 6.11. The van der Waals surface area contributed by atoms with Crippen LogP contribution in [0.15, 0.2) is 60.8 Å². The first-order valence-electron chi connectivity index (χ1n) is 9.18. The normalized spacial score (nSPS) is 15.2. The molecule has 0 saturated carbocycles. The van der Waals surface area contributed by atoms with Gasteiger partial charge in [-0.25, -0.2) is 13.2 Å². The monoisotopic (exact) mass is 411 g/mol. The molecule has 0 spiro atoms. The van der Waals surface area contributed by atoms with E-state index in [9.17, 15) is 22.8 Å². The predicted octanol–water partition coefficient (Wildman–Crippen LogP) is 3.91. The second kappa shape index (κ2) is 7.98. The van der Waals surface area contributed by atoms with E-state index in [-0.39, 0.29) is 24.4 Å². The molecule has 2 heterocycles. The molecule has 30 heavy (non-hydrogen) atoms. The Hall–Kier alpha value is -3.68. The summed E-state index contributed by atoms with van der Waals surface area (Å²) in [7, 11) is 0. The number of fused-ring (bicyclic) bond motifs is 1. The van der Waals surface area contributed by atoms with Gasteiger partial charge in [-0.15, -0.1) is 0 Å².